The first-order valence-electron chi connectivity index (χ1n) is 3.76. The lowest BCUT2D eigenvalue weighted by molar-refractivity contribution is -0.145. The number of hydrogen-bond acceptors (Lipinski definition) is 1. The van der Waals surface area contributed by atoms with E-state index in [0.717, 1.165) is 0 Å². The normalized spacial score (nSPS) is 13.8. The summed E-state index contributed by atoms with van der Waals surface area (Å²) in [7, 11) is 0. The van der Waals surface area contributed by atoms with E-state index in [0.29, 0.717) is 0 Å². The third-order valence-electron chi connectivity index (χ3n) is 1.74. The van der Waals surface area contributed by atoms with Crippen molar-refractivity contribution in [1.82, 2.24) is 0 Å². The summed E-state index contributed by atoms with van der Waals surface area (Å²) in [5, 5.41) is 8.41. The zero-order valence-corrected chi connectivity index (χ0v) is 7.19. The second-order valence-electron chi connectivity index (χ2n) is 2.75. The van der Waals surface area contributed by atoms with Crippen molar-refractivity contribution >= 4 is 5.97 Å². The Morgan fingerprint density at radius 3 is 2.23 bits per heavy atom. The van der Waals surface area contributed by atoms with Crippen molar-refractivity contribution in [2.24, 2.45) is 5.92 Å². The zero-order valence-electron chi connectivity index (χ0n) is 7.19. The summed E-state index contributed by atoms with van der Waals surface area (Å²) < 4.78 is 35.6. The lowest BCUT2D eigenvalue weighted by atomic mass is 9.94. The minimum Gasteiger partial charge on any atom is -0.478 e. The first-order valence-corrected chi connectivity index (χ1v) is 3.76. The maximum absolute atomic E-state index is 11.9. The summed E-state index contributed by atoms with van der Waals surface area (Å²) in [6.45, 7) is 4.61. The Bertz CT molecular complexity index is 208. The molecule has 0 saturated heterocycles. The number of carbonyl (C=O) groups is 1. The summed E-state index contributed by atoms with van der Waals surface area (Å²) in [5.41, 5.74) is -0.375. The molecule has 1 N–H and O–H groups in total. The Hall–Kier alpha value is -1.00. The Kier molecular flexibility index (Phi) is 3.97. The fourth-order valence-electron chi connectivity index (χ4n) is 0.968. The van der Waals surface area contributed by atoms with Crippen LogP contribution in [0.2, 0.25) is 0 Å². The van der Waals surface area contributed by atoms with Gasteiger partial charge in [-0.3, -0.25) is 0 Å². The molecule has 0 spiro atoms. The molecule has 2 nitrogen and oxygen atoms in total. The molecule has 0 rings (SSSR count). The minimum atomic E-state index is -4.33. The standard InChI is InChI=1S/C8H11F3O2/c1-3-6(4-8(9,10)11)5(2)7(12)13/h6H,2-4H2,1H3,(H,12,13). The number of aliphatic carboxylic acids is 1. The average molecular weight is 196 g/mol. The molecule has 0 heterocycles. The van der Waals surface area contributed by atoms with E-state index in [9.17, 15) is 18.0 Å². The molecule has 0 aliphatic heterocycles. The molecular formula is C8H11F3O2. The molecule has 0 radical (unpaired) electrons. The molecule has 0 saturated carbocycles. The van der Waals surface area contributed by atoms with Crippen molar-refractivity contribution in [2.75, 3.05) is 0 Å². The highest BCUT2D eigenvalue weighted by Crippen LogP contribution is 2.30. The van der Waals surface area contributed by atoms with Gasteiger partial charge in [0.25, 0.3) is 0 Å². The van der Waals surface area contributed by atoms with Gasteiger partial charge >= 0.3 is 12.1 Å². The summed E-state index contributed by atoms with van der Waals surface area (Å²) in [5.74, 6) is -2.38. The van der Waals surface area contributed by atoms with Gasteiger partial charge in [0.15, 0.2) is 0 Å². The minimum absolute atomic E-state index is 0.130. The molecule has 0 aliphatic rings. The van der Waals surface area contributed by atoms with Crippen molar-refractivity contribution in [1.29, 1.82) is 0 Å². The zero-order chi connectivity index (χ0) is 10.6. The molecular weight excluding hydrogens is 185 g/mol. The van der Waals surface area contributed by atoms with Gasteiger partial charge in [0.2, 0.25) is 0 Å². The lowest BCUT2D eigenvalue weighted by Gasteiger charge is -2.16. The number of carboxylic acid groups (broad SMARTS) is 1. The van der Waals surface area contributed by atoms with Crippen molar-refractivity contribution in [2.45, 2.75) is 25.9 Å². The van der Waals surface area contributed by atoms with Gasteiger partial charge in [-0.05, 0) is 12.3 Å². The van der Waals surface area contributed by atoms with Crippen LogP contribution in [0.5, 0.6) is 0 Å². The molecule has 0 aromatic heterocycles. The Morgan fingerprint density at radius 2 is 2.00 bits per heavy atom. The van der Waals surface area contributed by atoms with E-state index in [1.54, 1.807) is 0 Å². The highest BCUT2D eigenvalue weighted by atomic mass is 19.4. The SMILES string of the molecule is C=C(C(=O)O)C(CC)CC(F)(F)F. The summed E-state index contributed by atoms with van der Waals surface area (Å²) in [4.78, 5) is 10.3. The predicted octanol–water partition coefficient (Wildman–Crippen LogP) is 2.61. The van der Waals surface area contributed by atoms with Gasteiger partial charge in [-0.1, -0.05) is 13.5 Å². The van der Waals surface area contributed by atoms with Crippen LogP contribution in [0.3, 0.4) is 0 Å². The van der Waals surface area contributed by atoms with Crippen LogP contribution in [0.1, 0.15) is 19.8 Å². The van der Waals surface area contributed by atoms with Crippen LogP contribution in [0.15, 0.2) is 12.2 Å². The number of hydrogen-bond donors (Lipinski definition) is 1. The van der Waals surface area contributed by atoms with Gasteiger partial charge in [0.05, 0.1) is 6.42 Å². The first-order chi connectivity index (χ1) is 5.78. The van der Waals surface area contributed by atoms with Crippen molar-refractivity contribution in [3.63, 3.8) is 0 Å². The van der Waals surface area contributed by atoms with Crippen LogP contribution < -0.4 is 0 Å². The molecule has 0 fully saturated rings. The van der Waals surface area contributed by atoms with E-state index in [2.05, 4.69) is 6.58 Å². The van der Waals surface area contributed by atoms with E-state index in [1.165, 1.54) is 6.92 Å². The van der Waals surface area contributed by atoms with Crippen molar-refractivity contribution in [3.8, 4) is 0 Å². The van der Waals surface area contributed by atoms with E-state index in [-0.39, 0.29) is 12.0 Å². The lowest BCUT2D eigenvalue weighted by Crippen LogP contribution is -2.19. The third-order valence-corrected chi connectivity index (χ3v) is 1.74. The first kappa shape index (κ1) is 12.0. The van der Waals surface area contributed by atoms with Gasteiger partial charge in [-0.25, -0.2) is 4.79 Å². The number of halogens is 3. The van der Waals surface area contributed by atoms with Crippen LogP contribution >= 0.6 is 0 Å². The molecule has 0 amide bonds. The summed E-state index contributed by atoms with van der Waals surface area (Å²) in [6, 6.07) is 0. The Labute approximate surface area is 74.1 Å². The van der Waals surface area contributed by atoms with Crippen LogP contribution in [-0.2, 0) is 4.79 Å². The van der Waals surface area contributed by atoms with Crippen molar-refractivity contribution in [3.05, 3.63) is 12.2 Å². The van der Waals surface area contributed by atoms with Crippen LogP contribution in [-0.4, -0.2) is 17.3 Å². The highest BCUT2D eigenvalue weighted by Gasteiger charge is 2.33. The van der Waals surface area contributed by atoms with Gasteiger partial charge in [-0.15, -0.1) is 0 Å². The third kappa shape index (κ3) is 4.55. The molecule has 0 aromatic rings. The number of rotatable bonds is 4. The maximum atomic E-state index is 11.9. The number of alkyl halides is 3. The van der Waals surface area contributed by atoms with E-state index >= 15 is 0 Å². The second-order valence-corrected chi connectivity index (χ2v) is 2.75. The molecule has 1 unspecified atom stereocenters. The fourth-order valence-corrected chi connectivity index (χ4v) is 0.968. The van der Waals surface area contributed by atoms with E-state index in [4.69, 9.17) is 5.11 Å². The Morgan fingerprint density at radius 1 is 1.54 bits per heavy atom. The second kappa shape index (κ2) is 4.30. The number of carboxylic acids is 1. The molecule has 0 aliphatic carbocycles. The van der Waals surface area contributed by atoms with E-state index < -0.39 is 24.5 Å². The smallest absolute Gasteiger partial charge is 0.389 e. The molecule has 1 atom stereocenters. The van der Waals surface area contributed by atoms with Gasteiger partial charge in [0, 0.05) is 5.57 Å². The monoisotopic (exact) mass is 196 g/mol. The fraction of sp³-hybridized carbons (Fsp3) is 0.625. The van der Waals surface area contributed by atoms with Crippen molar-refractivity contribution < 1.29 is 23.1 Å². The quantitative estimate of drug-likeness (QED) is 0.701. The molecule has 76 valence electrons. The van der Waals surface area contributed by atoms with Crippen LogP contribution in [0.4, 0.5) is 13.2 Å². The summed E-state index contributed by atoms with van der Waals surface area (Å²) in [6.07, 6.45) is -5.32. The van der Waals surface area contributed by atoms with Gasteiger partial charge < -0.3 is 5.11 Å². The van der Waals surface area contributed by atoms with Gasteiger partial charge in [0.1, 0.15) is 0 Å². The van der Waals surface area contributed by atoms with Crippen LogP contribution in [0, 0.1) is 5.92 Å². The topological polar surface area (TPSA) is 37.3 Å². The maximum Gasteiger partial charge on any atom is 0.389 e. The molecule has 5 heteroatoms. The molecule has 0 bridgehead atoms. The predicted molar refractivity (Wildman–Crippen MR) is 41.2 cm³/mol. The largest absolute Gasteiger partial charge is 0.478 e. The molecule has 13 heavy (non-hydrogen) atoms. The summed E-state index contributed by atoms with van der Waals surface area (Å²) >= 11 is 0. The Balaban J connectivity index is 4.36. The highest BCUT2D eigenvalue weighted by molar-refractivity contribution is 5.86. The van der Waals surface area contributed by atoms with E-state index in [1.807, 2.05) is 0 Å². The molecule has 0 aromatic carbocycles. The van der Waals surface area contributed by atoms with Crippen LogP contribution in [0.25, 0.3) is 0 Å². The van der Waals surface area contributed by atoms with Gasteiger partial charge in [-0.2, -0.15) is 13.2 Å². The average Bonchev–Trinajstić information content (AvgIpc) is 1.97.